The highest BCUT2D eigenvalue weighted by Gasteiger charge is 2.29. The van der Waals surface area contributed by atoms with E-state index in [1.165, 1.54) is 11.3 Å². The number of carbonyl (C=O) groups is 1. The molecule has 0 spiro atoms. The predicted molar refractivity (Wildman–Crippen MR) is 92.9 cm³/mol. The molecule has 2 aromatic rings. The van der Waals surface area contributed by atoms with Crippen LogP contribution in [0.3, 0.4) is 0 Å². The maximum Gasteiger partial charge on any atom is 0.273 e. The van der Waals surface area contributed by atoms with E-state index in [9.17, 15) is 4.79 Å². The predicted octanol–water partition coefficient (Wildman–Crippen LogP) is 3.45. The summed E-state index contributed by atoms with van der Waals surface area (Å²) in [5, 5.41) is 3.21. The Morgan fingerprint density at radius 3 is 2.95 bits per heavy atom. The summed E-state index contributed by atoms with van der Waals surface area (Å²) in [7, 11) is 0. The third kappa shape index (κ3) is 3.27. The number of nitrogens with two attached hydrogens (primary N) is 1. The van der Waals surface area contributed by atoms with Crippen molar-refractivity contribution >= 4 is 41.3 Å². The van der Waals surface area contributed by atoms with Gasteiger partial charge in [-0.05, 0) is 18.9 Å². The number of amides is 1. The standard InChI is InChI=1S/C15H16ClN3OS.ClH/c16-12-6-2-1-5-11(12)14-18-13(9-21-14)15(20)19-7-3-4-10(19)8-17;/h1-2,5-6,9-10H,3-4,7-8,17H2;1H. The largest absolute Gasteiger partial charge is 0.333 e. The van der Waals surface area contributed by atoms with Gasteiger partial charge in [0.1, 0.15) is 10.7 Å². The summed E-state index contributed by atoms with van der Waals surface area (Å²) in [6.07, 6.45) is 1.98. The molecule has 1 saturated heterocycles. The molecule has 1 atom stereocenters. The second kappa shape index (κ2) is 7.42. The van der Waals surface area contributed by atoms with Crippen molar-refractivity contribution < 1.29 is 4.79 Å². The molecule has 1 aliphatic rings. The summed E-state index contributed by atoms with van der Waals surface area (Å²) in [5.74, 6) is -0.0301. The lowest BCUT2D eigenvalue weighted by atomic mass is 10.2. The van der Waals surface area contributed by atoms with Gasteiger partial charge in [0, 0.05) is 30.1 Å². The summed E-state index contributed by atoms with van der Waals surface area (Å²) in [6.45, 7) is 1.27. The van der Waals surface area contributed by atoms with Crippen LogP contribution in [-0.4, -0.2) is 34.9 Å². The lowest BCUT2D eigenvalue weighted by Gasteiger charge is -2.22. The third-order valence-electron chi connectivity index (χ3n) is 3.74. The van der Waals surface area contributed by atoms with E-state index >= 15 is 0 Å². The van der Waals surface area contributed by atoms with E-state index in [1.807, 2.05) is 29.2 Å². The zero-order valence-electron chi connectivity index (χ0n) is 11.9. The van der Waals surface area contributed by atoms with Crippen LogP contribution in [0.25, 0.3) is 10.6 Å². The van der Waals surface area contributed by atoms with Crippen molar-refractivity contribution in [3.05, 3.63) is 40.4 Å². The van der Waals surface area contributed by atoms with Crippen molar-refractivity contribution in [1.82, 2.24) is 9.88 Å². The molecule has 4 nitrogen and oxygen atoms in total. The second-order valence-corrected chi connectivity index (χ2v) is 6.31. The minimum Gasteiger partial charge on any atom is -0.333 e. The van der Waals surface area contributed by atoms with Gasteiger partial charge in [0.05, 0.1) is 5.02 Å². The van der Waals surface area contributed by atoms with Crippen LogP contribution in [-0.2, 0) is 0 Å². The molecule has 1 fully saturated rings. The maximum absolute atomic E-state index is 12.5. The van der Waals surface area contributed by atoms with Crippen LogP contribution in [0.15, 0.2) is 29.6 Å². The Hall–Kier alpha value is -1.14. The van der Waals surface area contributed by atoms with Crippen LogP contribution >= 0.6 is 35.3 Å². The van der Waals surface area contributed by atoms with Crippen LogP contribution in [0.2, 0.25) is 5.02 Å². The molecule has 0 aliphatic carbocycles. The monoisotopic (exact) mass is 357 g/mol. The molecule has 1 aliphatic heterocycles. The van der Waals surface area contributed by atoms with E-state index in [1.54, 1.807) is 5.38 Å². The summed E-state index contributed by atoms with van der Waals surface area (Å²) in [5.41, 5.74) is 7.07. The van der Waals surface area contributed by atoms with Crippen LogP contribution < -0.4 is 5.73 Å². The normalized spacial score (nSPS) is 17.4. The Morgan fingerprint density at radius 1 is 1.45 bits per heavy atom. The highest BCUT2D eigenvalue weighted by molar-refractivity contribution is 7.13. The van der Waals surface area contributed by atoms with E-state index in [4.69, 9.17) is 17.3 Å². The number of hydrogen-bond donors (Lipinski definition) is 1. The van der Waals surface area contributed by atoms with Gasteiger partial charge in [-0.2, -0.15) is 0 Å². The van der Waals surface area contributed by atoms with Crippen LogP contribution in [0.1, 0.15) is 23.3 Å². The van der Waals surface area contributed by atoms with Crippen molar-refractivity contribution in [3.63, 3.8) is 0 Å². The summed E-state index contributed by atoms with van der Waals surface area (Å²) in [6, 6.07) is 7.66. The molecule has 22 heavy (non-hydrogen) atoms. The van der Waals surface area contributed by atoms with Gasteiger partial charge in [-0.25, -0.2) is 4.98 Å². The highest BCUT2D eigenvalue weighted by atomic mass is 35.5. The minimum absolute atomic E-state index is 0. The van der Waals surface area contributed by atoms with Gasteiger partial charge in [-0.1, -0.05) is 29.8 Å². The maximum atomic E-state index is 12.5. The summed E-state index contributed by atoms with van der Waals surface area (Å²) < 4.78 is 0. The molecule has 0 radical (unpaired) electrons. The van der Waals surface area contributed by atoms with Gasteiger partial charge in [0.25, 0.3) is 5.91 Å². The van der Waals surface area contributed by atoms with E-state index in [2.05, 4.69) is 4.98 Å². The zero-order valence-corrected chi connectivity index (χ0v) is 14.3. The number of halogens is 2. The first-order chi connectivity index (χ1) is 10.2. The third-order valence-corrected chi connectivity index (χ3v) is 4.94. The fraction of sp³-hybridized carbons (Fsp3) is 0.333. The number of nitrogens with zero attached hydrogens (tertiary/aromatic N) is 2. The molecule has 118 valence electrons. The number of carbonyl (C=O) groups excluding carboxylic acids is 1. The van der Waals surface area contributed by atoms with Gasteiger partial charge >= 0.3 is 0 Å². The van der Waals surface area contributed by atoms with Crippen molar-refractivity contribution in [2.45, 2.75) is 18.9 Å². The number of benzene rings is 1. The average molecular weight is 358 g/mol. The Balaban J connectivity index is 0.00000176. The molecular formula is C15H17Cl2N3OS. The average Bonchev–Trinajstić information content (AvgIpc) is 3.16. The van der Waals surface area contributed by atoms with E-state index in [-0.39, 0.29) is 24.4 Å². The molecule has 0 saturated carbocycles. The van der Waals surface area contributed by atoms with E-state index in [0.717, 1.165) is 30.0 Å². The molecule has 1 aromatic heterocycles. The van der Waals surface area contributed by atoms with Gasteiger partial charge < -0.3 is 10.6 Å². The Morgan fingerprint density at radius 2 is 2.23 bits per heavy atom. The molecular weight excluding hydrogens is 341 g/mol. The SMILES string of the molecule is Cl.NCC1CCCN1C(=O)c1csc(-c2ccccc2Cl)n1. The summed E-state index contributed by atoms with van der Waals surface area (Å²) in [4.78, 5) is 18.8. The quantitative estimate of drug-likeness (QED) is 0.914. The molecule has 1 unspecified atom stereocenters. The van der Waals surface area contributed by atoms with Gasteiger partial charge in [0.2, 0.25) is 0 Å². The van der Waals surface area contributed by atoms with Gasteiger partial charge in [0.15, 0.2) is 0 Å². The van der Waals surface area contributed by atoms with E-state index in [0.29, 0.717) is 17.3 Å². The number of rotatable bonds is 3. The Kier molecular flexibility index (Phi) is 5.81. The minimum atomic E-state index is -0.0301. The molecule has 7 heteroatoms. The number of hydrogen-bond acceptors (Lipinski definition) is 4. The molecule has 0 bridgehead atoms. The van der Waals surface area contributed by atoms with Gasteiger partial charge in [-0.15, -0.1) is 23.7 Å². The molecule has 1 amide bonds. The van der Waals surface area contributed by atoms with E-state index < -0.39 is 0 Å². The molecule has 2 heterocycles. The first kappa shape index (κ1) is 17.2. The molecule has 2 N–H and O–H groups in total. The van der Waals surface area contributed by atoms with Crippen LogP contribution in [0.4, 0.5) is 0 Å². The number of thiazole rings is 1. The first-order valence-corrected chi connectivity index (χ1v) is 8.18. The zero-order chi connectivity index (χ0) is 14.8. The number of aromatic nitrogens is 1. The lowest BCUT2D eigenvalue weighted by molar-refractivity contribution is 0.0736. The van der Waals surface area contributed by atoms with Crippen molar-refractivity contribution in [2.75, 3.05) is 13.1 Å². The summed E-state index contributed by atoms with van der Waals surface area (Å²) >= 11 is 7.61. The van der Waals surface area contributed by atoms with Crippen LogP contribution in [0, 0.1) is 0 Å². The Labute approximate surface area is 144 Å². The smallest absolute Gasteiger partial charge is 0.273 e. The topological polar surface area (TPSA) is 59.2 Å². The lowest BCUT2D eigenvalue weighted by Crippen LogP contribution is -2.40. The molecule has 3 rings (SSSR count). The number of likely N-dealkylation sites (tertiary alicyclic amines) is 1. The first-order valence-electron chi connectivity index (χ1n) is 6.92. The fourth-order valence-electron chi connectivity index (χ4n) is 2.63. The van der Waals surface area contributed by atoms with Gasteiger partial charge in [-0.3, -0.25) is 4.79 Å². The van der Waals surface area contributed by atoms with Crippen molar-refractivity contribution in [1.29, 1.82) is 0 Å². The van der Waals surface area contributed by atoms with Crippen molar-refractivity contribution in [3.8, 4) is 10.6 Å². The fourth-order valence-corrected chi connectivity index (χ4v) is 3.74. The highest BCUT2D eigenvalue weighted by Crippen LogP contribution is 2.31. The Bertz CT molecular complexity index is 662. The van der Waals surface area contributed by atoms with Crippen LogP contribution in [0.5, 0.6) is 0 Å². The second-order valence-electron chi connectivity index (χ2n) is 5.05. The molecule has 1 aromatic carbocycles. The van der Waals surface area contributed by atoms with Crippen molar-refractivity contribution in [2.24, 2.45) is 5.73 Å².